The quantitative estimate of drug-likeness (QED) is 0.860. The standard InChI is InChI=1S/C18H28N2O4/c1-11(2)17(22)20-8-6-7-15(20)16(21)19-10-18(5,23)14-9-12(3)24-13(14)4/h9,11,15,23H,6-8,10H2,1-5H3,(H,19,21). The molecule has 2 heterocycles. The summed E-state index contributed by atoms with van der Waals surface area (Å²) < 4.78 is 5.46. The number of nitrogens with one attached hydrogen (secondary N) is 1. The Labute approximate surface area is 143 Å². The van der Waals surface area contributed by atoms with E-state index in [1.165, 1.54) is 0 Å². The molecule has 6 heteroatoms. The first-order valence-electron chi connectivity index (χ1n) is 8.51. The Hall–Kier alpha value is -1.82. The van der Waals surface area contributed by atoms with E-state index >= 15 is 0 Å². The molecule has 0 radical (unpaired) electrons. The summed E-state index contributed by atoms with van der Waals surface area (Å²) in [6, 6.07) is 1.34. The molecule has 1 aromatic heterocycles. The number of rotatable bonds is 5. The van der Waals surface area contributed by atoms with Gasteiger partial charge in [-0.25, -0.2) is 0 Å². The number of amides is 2. The maximum Gasteiger partial charge on any atom is 0.242 e. The highest BCUT2D eigenvalue weighted by atomic mass is 16.3. The number of aryl methyl sites for hydroxylation is 2. The van der Waals surface area contributed by atoms with Crippen LogP contribution < -0.4 is 5.32 Å². The average Bonchev–Trinajstić information content (AvgIpc) is 3.10. The molecule has 0 aliphatic carbocycles. The molecular formula is C18H28N2O4. The molecule has 24 heavy (non-hydrogen) atoms. The number of likely N-dealkylation sites (tertiary alicyclic amines) is 1. The van der Waals surface area contributed by atoms with Crippen molar-refractivity contribution in [3.63, 3.8) is 0 Å². The summed E-state index contributed by atoms with van der Waals surface area (Å²) in [5.74, 6) is 1.03. The fourth-order valence-electron chi connectivity index (χ4n) is 3.27. The summed E-state index contributed by atoms with van der Waals surface area (Å²) in [4.78, 5) is 26.4. The summed E-state index contributed by atoms with van der Waals surface area (Å²) >= 11 is 0. The zero-order chi connectivity index (χ0) is 18.1. The summed E-state index contributed by atoms with van der Waals surface area (Å²) in [7, 11) is 0. The third-order valence-electron chi connectivity index (χ3n) is 4.56. The predicted molar refractivity (Wildman–Crippen MR) is 90.3 cm³/mol. The molecule has 2 amide bonds. The molecule has 6 nitrogen and oxygen atoms in total. The van der Waals surface area contributed by atoms with E-state index in [0.29, 0.717) is 24.3 Å². The maximum atomic E-state index is 12.5. The lowest BCUT2D eigenvalue weighted by atomic mass is 9.96. The van der Waals surface area contributed by atoms with E-state index in [0.717, 1.165) is 12.2 Å². The normalized spacial score (nSPS) is 20.3. The van der Waals surface area contributed by atoms with Gasteiger partial charge in [0.1, 0.15) is 23.2 Å². The van der Waals surface area contributed by atoms with Crippen molar-refractivity contribution in [3.8, 4) is 0 Å². The second-order valence-electron chi connectivity index (χ2n) is 7.16. The van der Waals surface area contributed by atoms with Crippen molar-refractivity contribution in [1.82, 2.24) is 10.2 Å². The Kier molecular flexibility index (Phi) is 5.38. The third kappa shape index (κ3) is 3.80. The molecule has 0 saturated carbocycles. The first-order valence-corrected chi connectivity index (χ1v) is 8.51. The van der Waals surface area contributed by atoms with Crippen LogP contribution in [0.15, 0.2) is 10.5 Å². The minimum absolute atomic E-state index is 0.000661. The minimum Gasteiger partial charge on any atom is -0.466 e. The highest BCUT2D eigenvalue weighted by Gasteiger charge is 2.36. The van der Waals surface area contributed by atoms with Crippen LogP contribution in [0.3, 0.4) is 0 Å². The molecule has 1 fully saturated rings. The van der Waals surface area contributed by atoms with Gasteiger partial charge in [-0.2, -0.15) is 0 Å². The highest BCUT2D eigenvalue weighted by molar-refractivity contribution is 5.88. The lowest BCUT2D eigenvalue weighted by Crippen LogP contribution is -2.49. The van der Waals surface area contributed by atoms with Crippen molar-refractivity contribution >= 4 is 11.8 Å². The van der Waals surface area contributed by atoms with Crippen LogP contribution in [-0.2, 0) is 15.2 Å². The number of carbonyl (C=O) groups excluding carboxylic acids is 2. The summed E-state index contributed by atoms with van der Waals surface area (Å²) in [5.41, 5.74) is -0.551. The van der Waals surface area contributed by atoms with Crippen LogP contribution >= 0.6 is 0 Å². The van der Waals surface area contributed by atoms with Crippen molar-refractivity contribution in [2.24, 2.45) is 5.92 Å². The molecule has 1 aromatic rings. The first-order chi connectivity index (χ1) is 11.1. The van der Waals surface area contributed by atoms with Gasteiger partial charge in [-0.05, 0) is 39.7 Å². The zero-order valence-corrected chi connectivity index (χ0v) is 15.2. The molecule has 2 atom stereocenters. The third-order valence-corrected chi connectivity index (χ3v) is 4.56. The van der Waals surface area contributed by atoms with Crippen LogP contribution in [0.5, 0.6) is 0 Å². The molecule has 2 unspecified atom stereocenters. The topological polar surface area (TPSA) is 82.8 Å². The van der Waals surface area contributed by atoms with Crippen molar-refractivity contribution in [2.75, 3.05) is 13.1 Å². The Balaban J connectivity index is 2.02. The number of hydrogen-bond acceptors (Lipinski definition) is 4. The molecule has 1 aliphatic heterocycles. The van der Waals surface area contributed by atoms with E-state index in [1.807, 2.05) is 20.8 Å². The summed E-state index contributed by atoms with van der Waals surface area (Å²) in [6.07, 6.45) is 1.49. The van der Waals surface area contributed by atoms with E-state index in [1.54, 1.807) is 24.8 Å². The lowest BCUT2D eigenvalue weighted by Gasteiger charge is -2.28. The van der Waals surface area contributed by atoms with E-state index < -0.39 is 11.6 Å². The van der Waals surface area contributed by atoms with Gasteiger partial charge in [-0.15, -0.1) is 0 Å². The van der Waals surface area contributed by atoms with E-state index in [-0.39, 0.29) is 24.3 Å². The van der Waals surface area contributed by atoms with Crippen LogP contribution in [0.1, 0.15) is 50.7 Å². The van der Waals surface area contributed by atoms with Crippen LogP contribution in [0, 0.1) is 19.8 Å². The van der Waals surface area contributed by atoms with Gasteiger partial charge in [0.2, 0.25) is 11.8 Å². The largest absolute Gasteiger partial charge is 0.466 e. The fraction of sp³-hybridized carbons (Fsp3) is 0.667. The Bertz CT molecular complexity index is 619. The second kappa shape index (κ2) is 6.97. The van der Waals surface area contributed by atoms with Crippen molar-refractivity contribution in [1.29, 1.82) is 0 Å². The molecule has 2 N–H and O–H groups in total. The molecular weight excluding hydrogens is 308 g/mol. The summed E-state index contributed by atoms with van der Waals surface area (Å²) in [5, 5.41) is 13.5. The van der Waals surface area contributed by atoms with Gasteiger partial charge in [-0.1, -0.05) is 13.8 Å². The van der Waals surface area contributed by atoms with Crippen molar-refractivity contribution in [3.05, 3.63) is 23.2 Å². The van der Waals surface area contributed by atoms with Gasteiger partial charge in [0.15, 0.2) is 0 Å². The lowest BCUT2D eigenvalue weighted by molar-refractivity contribution is -0.141. The van der Waals surface area contributed by atoms with E-state index in [4.69, 9.17) is 4.42 Å². The van der Waals surface area contributed by atoms with Gasteiger partial charge in [0.25, 0.3) is 0 Å². The Morgan fingerprint density at radius 2 is 2.12 bits per heavy atom. The average molecular weight is 336 g/mol. The van der Waals surface area contributed by atoms with Crippen molar-refractivity contribution < 1.29 is 19.1 Å². The van der Waals surface area contributed by atoms with Gasteiger partial charge in [0, 0.05) is 18.0 Å². The van der Waals surface area contributed by atoms with Crippen LogP contribution in [0.25, 0.3) is 0 Å². The van der Waals surface area contributed by atoms with E-state index in [2.05, 4.69) is 5.32 Å². The number of furan rings is 1. The Morgan fingerprint density at radius 3 is 2.67 bits per heavy atom. The molecule has 134 valence electrons. The van der Waals surface area contributed by atoms with Crippen molar-refractivity contribution in [2.45, 2.75) is 59.1 Å². The van der Waals surface area contributed by atoms with Gasteiger partial charge in [-0.3, -0.25) is 9.59 Å². The molecule has 1 saturated heterocycles. The monoisotopic (exact) mass is 336 g/mol. The molecule has 2 rings (SSSR count). The zero-order valence-electron chi connectivity index (χ0n) is 15.2. The maximum absolute atomic E-state index is 12.5. The Morgan fingerprint density at radius 1 is 1.46 bits per heavy atom. The van der Waals surface area contributed by atoms with Crippen LogP contribution in [-0.4, -0.2) is 41.0 Å². The van der Waals surface area contributed by atoms with Crippen LogP contribution in [0.4, 0.5) is 0 Å². The molecule has 1 aliphatic rings. The van der Waals surface area contributed by atoms with Crippen LogP contribution in [0.2, 0.25) is 0 Å². The molecule has 0 aromatic carbocycles. The first kappa shape index (κ1) is 18.5. The molecule has 0 spiro atoms. The predicted octanol–water partition coefficient (Wildman–Crippen LogP) is 1.87. The minimum atomic E-state index is -1.22. The number of nitrogens with zero attached hydrogens (tertiary/aromatic N) is 1. The van der Waals surface area contributed by atoms with E-state index in [9.17, 15) is 14.7 Å². The SMILES string of the molecule is Cc1cc(C(C)(O)CNC(=O)C2CCCN2C(=O)C(C)C)c(C)o1. The van der Waals surface area contributed by atoms with Gasteiger partial charge in [0.05, 0.1) is 6.54 Å². The number of hydrogen-bond donors (Lipinski definition) is 2. The second-order valence-corrected chi connectivity index (χ2v) is 7.16. The molecule has 0 bridgehead atoms. The summed E-state index contributed by atoms with van der Waals surface area (Å²) in [6.45, 7) is 9.63. The van der Waals surface area contributed by atoms with Gasteiger partial charge >= 0.3 is 0 Å². The number of carbonyl (C=O) groups is 2. The highest BCUT2D eigenvalue weighted by Crippen LogP contribution is 2.27. The van der Waals surface area contributed by atoms with Gasteiger partial charge < -0.3 is 19.7 Å². The smallest absolute Gasteiger partial charge is 0.242 e. The number of aliphatic hydroxyl groups is 1. The fourth-order valence-corrected chi connectivity index (χ4v) is 3.27.